The molecule has 1 atom stereocenters. The van der Waals surface area contributed by atoms with Crippen molar-refractivity contribution in [1.82, 2.24) is 0 Å². The predicted octanol–water partition coefficient (Wildman–Crippen LogP) is 3.28. The quantitative estimate of drug-likeness (QED) is 0.704. The number of ether oxygens (including phenoxy) is 1. The SMILES string of the molecule is C=CC(OC)(c1ccccc1)C(F)(F)F. The third kappa shape index (κ3) is 1.90. The Kier molecular flexibility index (Phi) is 3.19. The van der Waals surface area contributed by atoms with E-state index in [-0.39, 0.29) is 5.56 Å². The van der Waals surface area contributed by atoms with Crippen LogP contribution in [0.25, 0.3) is 0 Å². The zero-order chi connectivity index (χ0) is 11.5. The van der Waals surface area contributed by atoms with Gasteiger partial charge in [-0.15, -0.1) is 0 Å². The van der Waals surface area contributed by atoms with E-state index in [2.05, 4.69) is 11.3 Å². The number of hydrogen-bond donors (Lipinski definition) is 0. The fourth-order valence-electron chi connectivity index (χ4n) is 1.40. The van der Waals surface area contributed by atoms with Crippen LogP contribution in [-0.2, 0) is 10.3 Å². The lowest BCUT2D eigenvalue weighted by Crippen LogP contribution is -2.42. The van der Waals surface area contributed by atoms with Crippen LogP contribution in [-0.4, -0.2) is 13.3 Å². The van der Waals surface area contributed by atoms with Crippen LogP contribution in [0.15, 0.2) is 43.0 Å². The van der Waals surface area contributed by atoms with Crippen molar-refractivity contribution >= 4 is 0 Å². The van der Waals surface area contributed by atoms with Gasteiger partial charge in [-0.3, -0.25) is 0 Å². The van der Waals surface area contributed by atoms with Crippen molar-refractivity contribution in [3.05, 3.63) is 48.6 Å². The van der Waals surface area contributed by atoms with Gasteiger partial charge in [-0.25, -0.2) is 0 Å². The monoisotopic (exact) mass is 216 g/mol. The van der Waals surface area contributed by atoms with Crippen LogP contribution in [0.3, 0.4) is 0 Å². The second-order valence-corrected chi connectivity index (χ2v) is 3.01. The molecule has 0 aliphatic rings. The number of alkyl halides is 3. The molecule has 1 nitrogen and oxygen atoms in total. The normalized spacial score (nSPS) is 15.7. The highest BCUT2D eigenvalue weighted by Crippen LogP contribution is 2.42. The van der Waals surface area contributed by atoms with Crippen LogP contribution in [0.2, 0.25) is 0 Å². The van der Waals surface area contributed by atoms with Gasteiger partial charge in [-0.2, -0.15) is 13.2 Å². The minimum Gasteiger partial charge on any atom is -0.360 e. The molecule has 0 fully saturated rings. The number of hydrogen-bond acceptors (Lipinski definition) is 1. The summed E-state index contributed by atoms with van der Waals surface area (Å²) in [6.45, 7) is 3.20. The second kappa shape index (κ2) is 4.06. The van der Waals surface area contributed by atoms with E-state index >= 15 is 0 Å². The summed E-state index contributed by atoms with van der Waals surface area (Å²) in [4.78, 5) is 0. The van der Waals surface area contributed by atoms with E-state index in [1.807, 2.05) is 0 Å². The van der Waals surface area contributed by atoms with Gasteiger partial charge in [0.1, 0.15) is 0 Å². The highest BCUT2D eigenvalue weighted by molar-refractivity contribution is 5.29. The molecule has 0 N–H and O–H groups in total. The summed E-state index contributed by atoms with van der Waals surface area (Å²) in [5.74, 6) is 0. The van der Waals surface area contributed by atoms with E-state index in [4.69, 9.17) is 0 Å². The lowest BCUT2D eigenvalue weighted by atomic mass is 9.93. The molecule has 0 aromatic heterocycles. The smallest absolute Gasteiger partial charge is 0.360 e. The first-order chi connectivity index (χ1) is 6.98. The van der Waals surface area contributed by atoms with Crippen LogP contribution in [0, 0.1) is 0 Å². The van der Waals surface area contributed by atoms with Crippen molar-refractivity contribution < 1.29 is 17.9 Å². The molecule has 4 heteroatoms. The second-order valence-electron chi connectivity index (χ2n) is 3.01. The van der Waals surface area contributed by atoms with Crippen LogP contribution in [0.4, 0.5) is 13.2 Å². The number of rotatable bonds is 3. The first-order valence-corrected chi connectivity index (χ1v) is 4.29. The Hall–Kier alpha value is -1.29. The van der Waals surface area contributed by atoms with Gasteiger partial charge in [-0.1, -0.05) is 36.9 Å². The zero-order valence-electron chi connectivity index (χ0n) is 8.21. The molecular formula is C11H11F3O. The maximum absolute atomic E-state index is 12.9. The Balaban J connectivity index is 3.30. The summed E-state index contributed by atoms with van der Waals surface area (Å²) in [7, 11) is 1.02. The summed E-state index contributed by atoms with van der Waals surface area (Å²) >= 11 is 0. The molecule has 1 rings (SSSR count). The minimum atomic E-state index is -4.52. The van der Waals surface area contributed by atoms with Gasteiger partial charge in [0.05, 0.1) is 0 Å². The van der Waals surface area contributed by atoms with Gasteiger partial charge in [0, 0.05) is 7.11 Å². The number of halogens is 3. The highest BCUT2D eigenvalue weighted by atomic mass is 19.4. The average molecular weight is 216 g/mol. The lowest BCUT2D eigenvalue weighted by Gasteiger charge is -2.31. The Bertz CT molecular complexity index is 331. The van der Waals surface area contributed by atoms with Crippen LogP contribution >= 0.6 is 0 Å². The van der Waals surface area contributed by atoms with Crippen molar-refractivity contribution in [2.24, 2.45) is 0 Å². The molecule has 82 valence electrons. The third-order valence-corrected chi connectivity index (χ3v) is 2.23. The predicted molar refractivity (Wildman–Crippen MR) is 51.4 cm³/mol. The Labute approximate surface area is 86.2 Å². The van der Waals surface area contributed by atoms with Gasteiger partial charge < -0.3 is 4.74 Å². The molecule has 0 spiro atoms. The van der Waals surface area contributed by atoms with Crippen molar-refractivity contribution in [1.29, 1.82) is 0 Å². The molecular weight excluding hydrogens is 205 g/mol. The first kappa shape index (κ1) is 11.8. The van der Waals surface area contributed by atoms with E-state index in [0.29, 0.717) is 0 Å². The highest BCUT2D eigenvalue weighted by Gasteiger charge is 2.54. The van der Waals surface area contributed by atoms with Crippen LogP contribution in [0.5, 0.6) is 0 Å². The fourth-order valence-corrected chi connectivity index (χ4v) is 1.40. The zero-order valence-corrected chi connectivity index (χ0v) is 8.21. The molecule has 0 aliphatic carbocycles. The molecule has 0 heterocycles. The van der Waals surface area contributed by atoms with Crippen LogP contribution < -0.4 is 0 Å². The van der Waals surface area contributed by atoms with E-state index in [1.165, 1.54) is 24.3 Å². The minimum absolute atomic E-state index is 0.0231. The van der Waals surface area contributed by atoms with E-state index < -0.39 is 11.8 Å². The molecule has 0 radical (unpaired) electrons. The van der Waals surface area contributed by atoms with Crippen molar-refractivity contribution in [3.63, 3.8) is 0 Å². The molecule has 1 unspecified atom stereocenters. The maximum atomic E-state index is 12.9. The molecule has 0 aliphatic heterocycles. The standard InChI is InChI=1S/C11H11F3O/c1-3-10(15-2,11(12,13)14)9-7-5-4-6-8-9/h3-8H,1H2,2H3. The van der Waals surface area contributed by atoms with E-state index in [0.717, 1.165) is 13.2 Å². The average Bonchev–Trinajstić information content (AvgIpc) is 2.20. The van der Waals surface area contributed by atoms with Gasteiger partial charge in [0.15, 0.2) is 0 Å². The summed E-state index contributed by atoms with van der Waals surface area (Å²) in [6, 6.07) is 7.41. The summed E-state index contributed by atoms with van der Waals surface area (Å²) in [5.41, 5.74) is -2.40. The van der Waals surface area contributed by atoms with Gasteiger partial charge in [0.25, 0.3) is 0 Å². The Morgan fingerprint density at radius 3 is 2.07 bits per heavy atom. The molecule has 15 heavy (non-hydrogen) atoms. The van der Waals surface area contributed by atoms with Gasteiger partial charge in [0.2, 0.25) is 5.60 Å². The van der Waals surface area contributed by atoms with E-state index in [1.54, 1.807) is 6.07 Å². The topological polar surface area (TPSA) is 9.23 Å². The molecule has 1 aromatic rings. The van der Waals surface area contributed by atoms with Crippen molar-refractivity contribution in [2.75, 3.05) is 7.11 Å². The molecule has 0 saturated carbocycles. The molecule has 0 bridgehead atoms. The van der Waals surface area contributed by atoms with Crippen LogP contribution in [0.1, 0.15) is 5.56 Å². The summed E-state index contributed by atoms with van der Waals surface area (Å²) in [6.07, 6.45) is -3.76. The number of benzene rings is 1. The maximum Gasteiger partial charge on any atom is 0.425 e. The molecule has 1 aromatic carbocycles. The lowest BCUT2D eigenvalue weighted by molar-refractivity contribution is -0.255. The van der Waals surface area contributed by atoms with Crippen molar-refractivity contribution in [2.45, 2.75) is 11.8 Å². The summed E-state index contributed by atoms with van der Waals surface area (Å²) in [5, 5.41) is 0. The largest absolute Gasteiger partial charge is 0.425 e. The van der Waals surface area contributed by atoms with Gasteiger partial charge in [-0.05, 0) is 11.6 Å². The Morgan fingerprint density at radius 1 is 1.20 bits per heavy atom. The van der Waals surface area contributed by atoms with Gasteiger partial charge >= 0.3 is 6.18 Å². The molecule has 0 amide bonds. The Morgan fingerprint density at radius 2 is 1.73 bits per heavy atom. The third-order valence-electron chi connectivity index (χ3n) is 2.23. The fraction of sp³-hybridized carbons (Fsp3) is 0.273. The first-order valence-electron chi connectivity index (χ1n) is 4.29. The molecule has 0 saturated heterocycles. The van der Waals surface area contributed by atoms with E-state index in [9.17, 15) is 13.2 Å². The van der Waals surface area contributed by atoms with Crippen molar-refractivity contribution in [3.8, 4) is 0 Å². The number of methoxy groups -OCH3 is 1. The summed E-state index contributed by atoms with van der Waals surface area (Å²) < 4.78 is 43.2.